The van der Waals surface area contributed by atoms with E-state index in [4.69, 9.17) is 0 Å². The molecule has 0 bridgehead atoms. The fourth-order valence-electron chi connectivity index (χ4n) is 3.67. The van der Waals surface area contributed by atoms with Crippen LogP contribution in [0.5, 0.6) is 0 Å². The minimum absolute atomic E-state index is 0.474. The molecule has 4 nitrogen and oxygen atoms in total. The summed E-state index contributed by atoms with van der Waals surface area (Å²) in [5.41, 5.74) is -0.474. The second kappa shape index (κ2) is 6.71. The van der Waals surface area contributed by atoms with Crippen LogP contribution < -0.4 is 0 Å². The highest BCUT2D eigenvalue weighted by atomic mass is 16.4. The predicted octanol–water partition coefficient (Wildman–Crippen LogP) is 2.05. The molecule has 2 saturated heterocycles. The molecule has 0 saturated carbocycles. The number of aliphatic carboxylic acids is 1. The van der Waals surface area contributed by atoms with Gasteiger partial charge in [-0.1, -0.05) is 13.3 Å². The Kier molecular flexibility index (Phi) is 5.22. The maximum atomic E-state index is 11.6. The van der Waals surface area contributed by atoms with Crippen LogP contribution in [0.15, 0.2) is 0 Å². The summed E-state index contributed by atoms with van der Waals surface area (Å²) in [7, 11) is 0. The molecule has 2 rings (SSSR count). The summed E-state index contributed by atoms with van der Waals surface area (Å²) in [5.74, 6) is -0.583. The van der Waals surface area contributed by atoms with Gasteiger partial charge in [0, 0.05) is 19.6 Å². The highest BCUT2D eigenvalue weighted by molar-refractivity contribution is 5.75. The zero-order chi connectivity index (χ0) is 13.7. The zero-order valence-corrected chi connectivity index (χ0v) is 12.2. The number of carbonyl (C=O) groups is 1. The van der Waals surface area contributed by atoms with E-state index < -0.39 is 11.4 Å². The second-order valence-corrected chi connectivity index (χ2v) is 6.26. The Balaban J connectivity index is 1.85. The van der Waals surface area contributed by atoms with Crippen LogP contribution >= 0.6 is 0 Å². The summed E-state index contributed by atoms with van der Waals surface area (Å²) in [6, 6.07) is 0. The first kappa shape index (κ1) is 14.8. The molecule has 1 N–H and O–H groups in total. The molecule has 0 amide bonds. The maximum absolute atomic E-state index is 11.6. The van der Waals surface area contributed by atoms with E-state index in [1.165, 1.54) is 25.9 Å². The summed E-state index contributed by atoms with van der Waals surface area (Å²) in [4.78, 5) is 16.5. The van der Waals surface area contributed by atoms with E-state index >= 15 is 0 Å². The van der Waals surface area contributed by atoms with E-state index in [2.05, 4.69) is 16.7 Å². The van der Waals surface area contributed by atoms with Gasteiger partial charge in [-0.3, -0.25) is 4.79 Å². The molecule has 0 aliphatic carbocycles. The lowest BCUT2D eigenvalue weighted by Crippen LogP contribution is -2.49. The Bertz CT molecular complexity index is 299. The molecule has 0 radical (unpaired) electrons. The van der Waals surface area contributed by atoms with Crippen molar-refractivity contribution in [1.29, 1.82) is 0 Å². The molecule has 2 aliphatic rings. The van der Waals surface area contributed by atoms with Gasteiger partial charge in [0.2, 0.25) is 0 Å². The zero-order valence-electron chi connectivity index (χ0n) is 12.2. The largest absolute Gasteiger partial charge is 0.481 e. The molecule has 19 heavy (non-hydrogen) atoms. The van der Waals surface area contributed by atoms with E-state index in [9.17, 15) is 9.90 Å². The molecule has 0 spiro atoms. The van der Waals surface area contributed by atoms with Crippen LogP contribution in [-0.4, -0.2) is 60.1 Å². The summed E-state index contributed by atoms with van der Waals surface area (Å²) < 4.78 is 0. The van der Waals surface area contributed by atoms with Gasteiger partial charge in [-0.05, 0) is 51.7 Å². The number of nitrogens with zero attached hydrogens (tertiary/aromatic N) is 2. The highest BCUT2D eigenvalue weighted by Crippen LogP contribution is 2.34. The van der Waals surface area contributed by atoms with Gasteiger partial charge in [-0.15, -0.1) is 0 Å². The average Bonchev–Trinajstić information content (AvgIpc) is 2.90. The number of carboxylic acids is 1. The van der Waals surface area contributed by atoms with E-state index in [-0.39, 0.29) is 0 Å². The number of hydrogen-bond donors (Lipinski definition) is 1. The van der Waals surface area contributed by atoms with Crippen LogP contribution in [0.1, 0.15) is 45.4 Å². The van der Waals surface area contributed by atoms with E-state index in [1.54, 1.807) is 0 Å². The maximum Gasteiger partial charge on any atom is 0.310 e. The summed E-state index contributed by atoms with van der Waals surface area (Å²) in [6.07, 6.45) is 6.33. The Morgan fingerprint density at radius 2 is 1.74 bits per heavy atom. The van der Waals surface area contributed by atoms with Crippen LogP contribution in [0.3, 0.4) is 0 Å². The molecule has 110 valence electrons. The molecule has 0 aromatic rings. The summed E-state index contributed by atoms with van der Waals surface area (Å²) >= 11 is 0. The van der Waals surface area contributed by atoms with Gasteiger partial charge in [0.15, 0.2) is 0 Å². The lowest BCUT2D eigenvalue weighted by Gasteiger charge is -2.40. The molecule has 2 fully saturated rings. The topological polar surface area (TPSA) is 43.8 Å². The highest BCUT2D eigenvalue weighted by Gasteiger charge is 2.41. The molecule has 0 aromatic carbocycles. The van der Waals surface area contributed by atoms with Crippen LogP contribution in [0.4, 0.5) is 0 Å². The Morgan fingerprint density at radius 3 is 2.37 bits per heavy atom. The monoisotopic (exact) mass is 268 g/mol. The van der Waals surface area contributed by atoms with Gasteiger partial charge >= 0.3 is 5.97 Å². The third kappa shape index (κ3) is 3.69. The standard InChI is InChI=1S/C15H28N2O2/c1-2-6-15(14(18)19)7-5-10-17(13-15)12-11-16-8-3-4-9-16/h2-13H2,1H3,(H,18,19). The van der Waals surface area contributed by atoms with Crippen LogP contribution in [0.25, 0.3) is 0 Å². The van der Waals surface area contributed by atoms with Crippen molar-refractivity contribution in [3.63, 3.8) is 0 Å². The fraction of sp³-hybridized carbons (Fsp3) is 0.933. The molecule has 2 aliphatic heterocycles. The Labute approximate surface area is 116 Å². The smallest absolute Gasteiger partial charge is 0.310 e. The lowest BCUT2D eigenvalue weighted by molar-refractivity contribution is -0.153. The van der Waals surface area contributed by atoms with Gasteiger partial charge in [0.05, 0.1) is 5.41 Å². The van der Waals surface area contributed by atoms with Gasteiger partial charge in [0.1, 0.15) is 0 Å². The molecule has 2 heterocycles. The number of hydrogen-bond acceptors (Lipinski definition) is 3. The Hall–Kier alpha value is -0.610. The van der Waals surface area contributed by atoms with Gasteiger partial charge in [-0.25, -0.2) is 0 Å². The van der Waals surface area contributed by atoms with Gasteiger partial charge in [-0.2, -0.15) is 0 Å². The van der Waals surface area contributed by atoms with Crippen LogP contribution in [0.2, 0.25) is 0 Å². The van der Waals surface area contributed by atoms with Crippen molar-refractivity contribution < 1.29 is 9.90 Å². The molecule has 0 aromatic heterocycles. The first-order valence-corrected chi connectivity index (χ1v) is 7.84. The quantitative estimate of drug-likeness (QED) is 0.801. The SMILES string of the molecule is CCCC1(C(=O)O)CCCN(CCN2CCCC2)C1. The number of carboxylic acid groups (broad SMARTS) is 1. The molecule has 1 unspecified atom stereocenters. The van der Waals surface area contributed by atoms with Crippen molar-refractivity contribution in [1.82, 2.24) is 9.80 Å². The number of likely N-dealkylation sites (tertiary alicyclic amines) is 2. The van der Waals surface area contributed by atoms with Gasteiger partial charge in [0.25, 0.3) is 0 Å². The first-order valence-electron chi connectivity index (χ1n) is 7.84. The molecular weight excluding hydrogens is 240 g/mol. The number of rotatable bonds is 6. The minimum atomic E-state index is -0.583. The average molecular weight is 268 g/mol. The third-order valence-electron chi connectivity index (χ3n) is 4.77. The second-order valence-electron chi connectivity index (χ2n) is 6.26. The summed E-state index contributed by atoms with van der Waals surface area (Å²) in [6.45, 7) is 8.53. The van der Waals surface area contributed by atoms with Crippen LogP contribution in [0, 0.1) is 5.41 Å². The van der Waals surface area contributed by atoms with Crippen molar-refractivity contribution in [3.05, 3.63) is 0 Å². The predicted molar refractivity (Wildman–Crippen MR) is 76.3 cm³/mol. The fourth-order valence-corrected chi connectivity index (χ4v) is 3.67. The molecular formula is C15H28N2O2. The minimum Gasteiger partial charge on any atom is -0.481 e. The van der Waals surface area contributed by atoms with E-state index in [0.29, 0.717) is 0 Å². The number of piperidine rings is 1. The lowest BCUT2D eigenvalue weighted by atomic mass is 9.76. The Morgan fingerprint density at radius 1 is 1.11 bits per heavy atom. The first-order chi connectivity index (χ1) is 9.16. The van der Waals surface area contributed by atoms with Crippen molar-refractivity contribution in [2.75, 3.05) is 39.3 Å². The molecule has 1 atom stereocenters. The van der Waals surface area contributed by atoms with Gasteiger partial charge < -0.3 is 14.9 Å². The van der Waals surface area contributed by atoms with E-state index in [1.807, 2.05) is 0 Å². The van der Waals surface area contributed by atoms with Crippen LogP contribution in [-0.2, 0) is 4.79 Å². The normalized spacial score (nSPS) is 29.7. The van der Waals surface area contributed by atoms with Crippen molar-refractivity contribution in [2.45, 2.75) is 45.4 Å². The van der Waals surface area contributed by atoms with Crippen molar-refractivity contribution in [2.24, 2.45) is 5.41 Å². The van der Waals surface area contributed by atoms with E-state index in [0.717, 1.165) is 51.9 Å². The summed E-state index contributed by atoms with van der Waals surface area (Å²) in [5, 5.41) is 9.58. The third-order valence-corrected chi connectivity index (χ3v) is 4.77. The molecule has 4 heteroatoms. The van der Waals surface area contributed by atoms with Crippen molar-refractivity contribution >= 4 is 5.97 Å². The van der Waals surface area contributed by atoms with Crippen molar-refractivity contribution in [3.8, 4) is 0 Å².